The van der Waals surface area contributed by atoms with Crippen molar-refractivity contribution in [1.29, 1.82) is 0 Å². The average molecular weight is 447 g/mol. The average Bonchev–Trinajstić information content (AvgIpc) is 2.37. The number of nitrogens with zero attached hydrogens (tertiary/aromatic N) is 2. The molecular weight excluding hydrogens is 444 g/mol. The molecule has 2 aliphatic heterocycles. The number of amides is 5. The zero-order valence-electron chi connectivity index (χ0n) is 7.38. The number of carbonyl (C=O) groups is 3. The summed E-state index contributed by atoms with van der Waals surface area (Å²) in [4.78, 5) is 37.4. The lowest BCUT2D eigenvalue weighted by molar-refractivity contribution is -0.130. The van der Waals surface area contributed by atoms with E-state index in [9.17, 15) is 14.4 Å². The molecule has 0 aromatic rings. The van der Waals surface area contributed by atoms with Gasteiger partial charge in [-0.15, -0.1) is 4.95 Å². The van der Waals surface area contributed by atoms with Crippen LogP contribution in [0.4, 0.5) is 9.59 Å². The quantitative estimate of drug-likeness (QED) is 0.210. The number of halogens is 2. The van der Waals surface area contributed by atoms with E-state index < -0.39 is 25.2 Å². The molecule has 0 bridgehead atoms. The Morgan fingerprint density at radius 1 is 1.19 bits per heavy atom. The van der Waals surface area contributed by atoms with Crippen molar-refractivity contribution in [2.75, 3.05) is 0 Å². The summed E-state index contributed by atoms with van der Waals surface area (Å²) in [5.41, 5.74) is 0. The Morgan fingerprint density at radius 2 is 1.81 bits per heavy atom. The number of hydrogen-bond acceptors (Lipinski definition) is 3. The molecule has 3 N–H and O–H groups in total. The lowest BCUT2D eigenvalue weighted by Gasteiger charge is -2.38. The summed E-state index contributed by atoms with van der Waals surface area (Å²) in [6, 6.07) is -1.44. The number of carbonyl (C=O) groups excluding carboxylic acids is 3. The van der Waals surface area contributed by atoms with Gasteiger partial charge in [-0.3, -0.25) is 10.1 Å². The van der Waals surface area contributed by atoms with Gasteiger partial charge in [-0.25, -0.2) is 9.59 Å². The summed E-state index contributed by atoms with van der Waals surface area (Å²) in [7, 11) is 0. The smallest absolute Gasteiger partial charge is 0.311 e. The lowest BCUT2D eigenvalue weighted by Crippen LogP contribution is -2.74. The van der Waals surface area contributed by atoms with E-state index in [0.717, 1.165) is 0 Å². The zero-order valence-corrected chi connectivity index (χ0v) is 11.7. The fourth-order valence-electron chi connectivity index (χ4n) is 1.36. The Balaban J connectivity index is 2.51. The van der Waals surface area contributed by atoms with Gasteiger partial charge in [0.1, 0.15) is 0 Å². The highest BCUT2D eigenvalue weighted by atomic mass is 127. The second kappa shape index (κ2) is 3.32. The van der Waals surface area contributed by atoms with Crippen LogP contribution >= 0.6 is 45.2 Å². The van der Waals surface area contributed by atoms with Crippen molar-refractivity contribution in [1.82, 2.24) is 21.0 Å². The highest BCUT2D eigenvalue weighted by molar-refractivity contribution is 14.1. The van der Waals surface area contributed by atoms with Gasteiger partial charge >= 0.3 is 18.0 Å². The second-order valence-corrected chi connectivity index (χ2v) is 6.28. The third-order valence-electron chi connectivity index (χ3n) is 2.10. The van der Waals surface area contributed by atoms with E-state index in [4.69, 9.17) is 6.57 Å². The SMILES string of the molecule is [C-]#[N+]N1C(=O)NC2(I)NC(=O)NC2(I)C1=O. The van der Waals surface area contributed by atoms with Crippen molar-refractivity contribution >= 4 is 63.2 Å². The third-order valence-corrected chi connectivity index (χ3v) is 6.03. The Hall–Kier alpha value is -0.840. The molecule has 0 spiro atoms. The number of rotatable bonds is 0. The van der Waals surface area contributed by atoms with Crippen molar-refractivity contribution in [3.8, 4) is 0 Å². The molecule has 0 radical (unpaired) electrons. The molecule has 2 unspecified atom stereocenters. The molecule has 0 aromatic carbocycles. The number of alkyl halides is 2. The first kappa shape index (κ1) is 11.6. The van der Waals surface area contributed by atoms with Crippen LogP contribution in [0.25, 0.3) is 4.95 Å². The number of imide groups is 1. The second-order valence-electron chi connectivity index (χ2n) is 3.04. The number of urea groups is 2. The molecule has 84 valence electrons. The standard InChI is InChI=1S/C6H3I2N5O3/c1-9-13-2(14)5(7)6(8,12-4(13)16)11-3(15)10-5/h(H,12,16)(H2,10,11,15). The molecule has 0 aliphatic carbocycles. The van der Waals surface area contributed by atoms with Crippen molar-refractivity contribution < 1.29 is 14.4 Å². The van der Waals surface area contributed by atoms with Crippen LogP contribution in [-0.4, -0.2) is 30.2 Å². The normalized spacial score (nSPS) is 37.1. The molecule has 0 saturated carbocycles. The van der Waals surface area contributed by atoms with Crippen LogP contribution in [0.15, 0.2) is 0 Å². The van der Waals surface area contributed by atoms with Crippen molar-refractivity contribution in [2.24, 2.45) is 0 Å². The molecule has 8 nitrogen and oxygen atoms in total. The summed E-state index contributed by atoms with van der Waals surface area (Å²) < 4.78 is -2.67. The first-order valence-corrected chi connectivity index (χ1v) is 6.02. The number of fused-ring (bicyclic) bond motifs is 1. The van der Waals surface area contributed by atoms with Gasteiger partial charge in [0.2, 0.25) is 7.22 Å². The molecule has 2 heterocycles. The number of hydrogen-bond donors (Lipinski definition) is 3. The first-order chi connectivity index (χ1) is 7.34. The predicted molar refractivity (Wildman–Crippen MR) is 67.1 cm³/mol. The maximum Gasteiger partial charge on any atom is 0.395 e. The largest absolute Gasteiger partial charge is 0.395 e. The highest BCUT2D eigenvalue weighted by Gasteiger charge is 2.69. The van der Waals surface area contributed by atoms with Gasteiger partial charge in [0, 0.05) is 0 Å². The molecule has 2 saturated heterocycles. The summed E-state index contributed by atoms with van der Waals surface area (Å²) in [5.74, 6) is -0.778. The fourth-order valence-corrected chi connectivity index (χ4v) is 2.95. The van der Waals surface area contributed by atoms with E-state index >= 15 is 0 Å². The molecule has 10 heteroatoms. The van der Waals surface area contributed by atoms with Gasteiger partial charge in [-0.1, -0.05) is 0 Å². The van der Waals surface area contributed by atoms with E-state index in [1.54, 1.807) is 45.2 Å². The fraction of sp³-hybridized carbons (Fsp3) is 0.333. The van der Waals surface area contributed by atoms with E-state index in [2.05, 4.69) is 20.9 Å². The predicted octanol–water partition coefficient (Wildman–Crippen LogP) is -0.0946. The molecule has 2 aliphatic rings. The van der Waals surface area contributed by atoms with Gasteiger partial charge in [0.05, 0.1) is 5.01 Å². The minimum Gasteiger partial charge on any atom is -0.311 e. The maximum absolute atomic E-state index is 11.9. The van der Waals surface area contributed by atoms with Crippen LogP contribution in [0.5, 0.6) is 0 Å². The molecule has 2 fully saturated rings. The van der Waals surface area contributed by atoms with Crippen LogP contribution in [-0.2, 0) is 4.79 Å². The summed E-state index contributed by atoms with van der Waals surface area (Å²) in [5, 5.41) is 7.56. The molecular formula is C6H3I2N5O3. The minimum absolute atomic E-state index is 0.358. The molecule has 16 heavy (non-hydrogen) atoms. The lowest BCUT2D eigenvalue weighted by atomic mass is 10.2. The first-order valence-electron chi connectivity index (χ1n) is 3.86. The van der Waals surface area contributed by atoms with E-state index in [-0.39, 0.29) is 0 Å². The maximum atomic E-state index is 11.9. The summed E-state index contributed by atoms with van der Waals surface area (Å²) in [6.07, 6.45) is 0. The van der Waals surface area contributed by atoms with Gasteiger partial charge in [-0.05, 0) is 45.2 Å². The topological polar surface area (TPSA) is 94.9 Å². The van der Waals surface area contributed by atoms with Crippen LogP contribution < -0.4 is 16.0 Å². The van der Waals surface area contributed by atoms with Gasteiger partial charge in [-0.2, -0.15) is 6.57 Å². The molecule has 2 rings (SSSR count). The Bertz CT molecular complexity index is 462. The van der Waals surface area contributed by atoms with Crippen LogP contribution in [0.1, 0.15) is 0 Å². The monoisotopic (exact) mass is 447 g/mol. The highest BCUT2D eigenvalue weighted by Crippen LogP contribution is 2.41. The van der Waals surface area contributed by atoms with Crippen LogP contribution in [0.3, 0.4) is 0 Å². The molecule has 0 aromatic heterocycles. The summed E-state index contributed by atoms with van der Waals surface area (Å²) in [6.45, 7) is 6.74. The van der Waals surface area contributed by atoms with Crippen LogP contribution in [0, 0.1) is 6.57 Å². The van der Waals surface area contributed by atoms with Crippen LogP contribution in [0.2, 0.25) is 0 Å². The van der Waals surface area contributed by atoms with E-state index in [1.165, 1.54) is 0 Å². The van der Waals surface area contributed by atoms with Gasteiger partial charge < -0.3 is 10.6 Å². The van der Waals surface area contributed by atoms with Gasteiger partial charge in [0.25, 0.3) is 0 Å². The van der Waals surface area contributed by atoms with Crippen molar-refractivity contribution in [2.45, 2.75) is 7.22 Å². The van der Waals surface area contributed by atoms with E-state index in [1.807, 2.05) is 0 Å². The Kier molecular flexibility index (Phi) is 2.42. The van der Waals surface area contributed by atoms with Gasteiger partial charge in [0.15, 0.2) is 0 Å². The van der Waals surface area contributed by atoms with E-state index in [0.29, 0.717) is 5.01 Å². The number of nitrogens with one attached hydrogen (secondary N) is 3. The Labute approximate surface area is 117 Å². The Morgan fingerprint density at radius 3 is 2.38 bits per heavy atom. The minimum atomic E-state index is -1.40. The molecule has 5 amide bonds. The zero-order chi connectivity index (χ0) is 12.1. The summed E-state index contributed by atoms with van der Waals surface area (Å²) >= 11 is 3.44. The van der Waals surface area contributed by atoms with Crippen molar-refractivity contribution in [3.05, 3.63) is 11.5 Å². The third kappa shape index (κ3) is 1.27. The molecule has 2 atom stereocenters. The van der Waals surface area contributed by atoms with Crippen molar-refractivity contribution in [3.63, 3.8) is 0 Å².